The minimum Gasteiger partial charge on any atom is -0.313 e. The van der Waals surface area contributed by atoms with Crippen molar-refractivity contribution in [2.75, 3.05) is 26.2 Å². The average Bonchev–Trinajstić information content (AvgIpc) is 2.20. The minimum absolute atomic E-state index is 0. The van der Waals surface area contributed by atoms with E-state index in [1.54, 1.807) is 0 Å². The number of rotatable bonds is 6. The van der Waals surface area contributed by atoms with Crippen LogP contribution < -0.4 is 5.32 Å². The van der Waals surface area contributed by atoms with E-state index in [9.17, 15) is 0 Å². The maximum absolute atomic E-state index is 3.78. The van der Waals surface area contributed by atoms with Gasteiger partial charge in [0.05, 0.1) is 0 Å². The second-order valence-electron chi connectivity index (χ2n) is 3.94. The monoisotopic (exact) mass is 266 g/mol. The Bertz CT molecular complexity index is 170. The molecule has 1 rings (SSSR count). The van der Waals surface area contributed by atoms with Crippen LogP contribution in [0.5, 0.6) is 0 Å². The van der Waals surface area contributed by atoms with Gasteiger partial charge in [-0.25, -0.2) is 0 Å². The molecule has 0 aromatic rings. The van der Waals surface area contributed by atoms with Gasteiger partial charge in [-0.2, -0.15) is 0 Å². The van der Waals surface area contributed by atoms with Crippen LogP contribution in [0.25, 0.3) is 0 Å². The number of piperidine rings is 1. The summed E-state index contributed by atoms with van der Waals surface area (Å²) in [6.45, 7) is 11.8. The summed E-state index contributed by atoms with van der Waals surface area (Å²) in [5.41, 5.74) is 0. The molecule has 1 atom stereocenters. The zero-order valence-electron chi connectivity index (χ0n) is 9.86. The van der Waals surface area contributed by atoms with E-state index >= 15 is 0 Å². The highest BCUT2D eigenvalue weighted by Crippen LogP contribution is 2.08. The first-order valence-corrected chi connectivity index (χ1v) is 5.54. The number of nitrogens with one attached hydrogen (secondary N) is 1. The first kappa shape index (κ1) is 18.3. The standard InChI is InChI=1S/C12H22N2.2ClH/c1-3-9-14(10-4-2)11-12-7-5-6-8-13-12;;/h3-4,12-13H,1-2,5-11H2;2*1H. The number of nitrogens with zero attached hydrogens (tertiary/aromatic N) is 1. The van der Waals surface area contributed by atoms with E-state index < -0.39 is 0 Å². The Morgan fingerprint density at radius 1 is 1.12 bits per heavy atom. The first-order valence-electron chi connectivity index (χ1n) is 5.54. The number of hydrogen-bond donors (Lipinski definition) is 1. The summed E-state index contributed by atoms with van der Waals surface area (Å²) in [4.78, 5) is 2.38. The molecule has 1 unspecified atom stereocenters. The third-order valence-corrected chi connectivity index (χ3v) is 2.67. The molecule has 0 aromatic heterocycles. The lowest BCUT2D eigenvalue weighted by Gasteiger charge is -2.29. The Hall–Kier alpha value is -0.0200. The van der Waals surface area contributed by atoms with Crippen molar-refractivity contribution in [2.45, 2.75) is 25.3 Å². The smallest absolute Gasteiger partial charge is 0.0195 e. The highest BCUT2D eigenvalue weighted by atomic mass is 35.5. The molecule has 0 bridgehead atoms. The van der Waals surface area contributed by atoms with Crippen molar-refractivity contribution in [1.29, 1.82) is 0 Å². The molecule has 96 valence electrons. The van der Waals surface area contributed by atoms with Crippen molar-refractivity contribution in [1.82, 2.24) is 10.2 Å². The molecule has 0 aromatic carbocycles. The van der Waals surface area contributed by atoms with E-state index in [1.807, 2.05) is 12.2 Å². The van der Waals surface area contributed by atoms with E-state index in [1.165, 1.54) is 25.8 Å². The van der Waals surface area contributed by atoms with Crippen LogP contribution in [0.1, 0.15) is 19.3 Å². The van der Waals surface area contributed by atoms with Crippen LogP contribution in [0, 0.1) is 0 Å². The van der Waals surface area contributed by atoms with Gasteiger partial charge in [-0.3, -0.25) is 4.90 Å². The number of halogens is 2. The van der Waals surface area contributed by atoms with Crippen LogP contribution in [0.3, 0.4) is 0 Å². The lowest BCUT2D eigenvalue weighted by atomic mass is 10.0. The highest BCUT2D eigenvalue weighted by molar-refractivity contribution is 5.85. The second kappa shape index (κ2) is 11.5. The predicted molar refractivity (Wildman–Crippen MR) is 77.0 cm³/mol. The van der Waals surface area contributed by atoms with Crippen molar-refractivity contribution in [3.8, 4) is 0 Å². The fourth-order valence-corrected chi connectivity index (χ4v) is 1.98. The molecule has 16 heavy (non-hydrogen) atoms. The Labute approximate surface area is 112 Å². The molecule has 1 heterocycles. The van der Waals surface area contributed by atoms with Gasteiger partial charge in [-0.15, -0.1) is 38.0 Å². The molecule has 1 aliphatic heterocycles. The molecule has 0 aliphatic carbocycles. The molecule has 4 heteroatoms. The Kier molecular flexibility index (Phi) is 13.1. The molecule has 1 aliphatic rings. The molecule has 1 fully saturated rings. The maximum atomic E-state index is 3.78. The van der Waals surface area contributed by atoms with E-state index in [-0.39, 0.29) is 24.8 Å². The summed E-state index contributed by atoms with van der Waals surface area (Å²) in [6.07, 6.45) is 7.94. The summed E-state index contributed by atoms with van der Waals surface area (Å²) in [7, 11) is 0. The quantitative estimate of drug-likeness (QED) is 0.744. The van der Waals surface area contributed by atoms with Gasteiger partial charge in [-0.05, 0) is 19.4 Å². The van der Waals surface area contributed by atoms with Crippen LogP contribution in [0.4, 0.5) is 0 Å². The third-order valence-electron chi connectivity index (χ3n) is 2.67. The van der Waals surface area contributed by atoms with Gasteiger partial charge in [0, 0.05) is 25.7 Å². The SMILES string of the molecule is C=CCN(CC=C)CC1CCCCN1.Cl.Cl. The highest BCUT2D eigenvalue weighted by Gasteiger charge is 2.14. The summed E-state index contributed by atoms with van der Waals surface area (Å²) in [5, 5.41) is 3.56. The topological polar surface area (TPSA) is 15.3 Å². The van der Waals surface area contributed by atoms with Crippen LogP contribution in [-0.4, -0.2) is 37.1 Å². The molecule has 0 amide bonds. The van der Waals surface area contributed by atoms with Crippen LogP contribution in [0.2, 0.25) is 0 Å². The molecule has 0 radical (unpaired) electrons. The molecule has 0 spiro atoms. The zero-order valence-corrected chi connectivity index (χ0v) is 11.5. The molecule has 0 saturated carbocycles. The summed E-state index contributed by atoms with van der Waals surface area (Å²) < 4.78 is 0. The Balaban J connectivity index is 0. The van der Waals surface area contributed by atoms with Crippen LogP contribution >= 0.6 is 24.8 Å². The fraction of sp³-hybridized carbons (Fsp3) is 0.667. The van der Waals surface area contributed by atoms with Gasteiger partial charge >= 0.3 is 0 Å². The Morgan fingerprint density at radius 2 is 1.75 bits per heavy atom. The van der Waals surface area contributed by atoms with Crippen molar-refractivity contribution in [2.24, 2.45) is 0 Å². The van der Waals surface area contributed by atoms with Gasteiger partial charge in [0.25, 0.3) is 0 Å². The Morgan fingerprint density at radius 3 is 2.19 bits per heavy atom. The average molecular weight is 267 g/mol. The summed E-state index contributed by atoms with van der Waals surface area (Å²) in [5.74, 6) is 0. The molecule has 1 saturated heterocycles. The molecular formula is C12H24Cl2N2. The van der Waals surface area contributed by atoms with Gasteiger partial charge in [0.1, 0.15) is 0 Å². The minimum atomic E-state index is 0. The van der Waals surface area contributed by atoms with Crippen molar-refractivity contribution in [3.05, 3.63) is 25.3 Å². The van der Waals surface area contributed by atoms with Crippen molar-refractivity contribution in [3.63, 3.8) is 0 Å². The lowest BCUT2D eigenvalue weighted by molar-refractivity contribution is 0.261. The second-order valence-corrected chi connectivity index (χ2v) is 3.94. The van der Waals surface area contributed by atoms with Gasteiger partial charge in [0.15, 0.2) is 0 Å². The van der Waals surface area contributed by atoms with Gasteiger partial charge < -0.3 is 5.32 Å². The van der Waals surface area contributed by atoms with E-state index in [2.05, 4.69) is 23.4 Å². The van der Waals surface area contributed by atoms with Crippen molar-refractivity contribution < 1.29 is 0 Å². The van der Waals surface area contributed by atoms with Crippen molar-refractivity contribution >= 4 is 24.8 Å². The first-order chi connectivity index (χ1) is 6.86. The molecular weight excluding hydrogens is 243 g/mol. The summed E-state index contributed by atoms with van der Waals surface area (Å²) in [6, 6.07) is 0.670. The fourth-order valence-electron chi connectivity index (χ4n) is 1.98. The van der Waals surface area contributed by atoms with Gasteiger partial charge in [0.2, 0.25) is 0 Å². The normalized spacial score (nSPS) is 19.4. The van der Waals surface area contributed by atoms with Gasteiger partial charge in [-0.1, -0.05) is 18.6 Å². The van der Waals surface area contributed by atoms with E-state index in [4.69, 9.17) is 0 Å². The lowest BCUT2D eigenvalue weighted by Crippen LogP contribution is -2.43. The van der Waals surface area contributed by atoms with Crippen LogP contribution in [-0.2, 0) is 0 Å². The molecule has 1 N–H and O–H groups in total. The largest absolute Gasteiger partial charge is 0.313 e. The number of hydrogen-bond acceptors (Lipinski definition) is 2. The predicted octanol–water partition coefficient (Wildman–Crippen LogP) is 2.65. The third kappa shape index (κ3) is 7.29. The maximum Gasteiger partial charge on any atom is 0.0195 e. The van der Waals surface area contributed by atoms with Crippen LogP contribution in [0.15, 0.2) is 25.3 Å². The zero-order chi connectivity index (χ0) is 10.2. The van der Waals surface area contributed by atoms with E-state index in [0.29, 0.717) is 6.04 Å². The molecule has 2 nitrogen and oxygen atoms in total. The van der Waals surface area contributed by atoms with E-state index in [0.717, 1.165) is 19.6 Å². The summed E-state index contributed by atoms with van der Waals surface area (Å²) >= 11 is 0.